The molecular formula is C26H19I. The van der Waals surface area contributed by atoms with Crippen molar-refractivity contribution >= 4 is 39.4 Å². The van der Waals surface area contributed by atoms with E-state index < -0.39 is 0 Å². The van der Waals surface area contributed by atoms with Gasteiger partial charge in [-0.15, -0.1) is 0 Å². The Morgan fingerprint density at radius 3 is 2.44 bits per heavy atom. The Balaban J connectivity index is 1.55. The summed E-state index contributed by atoms with van der Waals surface area (Å²) in [7, 11) is 0. The van der Waals surface area contributed by atoms with Crippen molar-refractivity contribution in [3.05, 3.63) is 111 Å². The minimum absolute atomic E-state index is 0.439. The van der Waals surface area contributed by atoms with E-state index in [9.17, 15) is 0 Å². The molecule has 0 aromatic heterocycles. The molecule has 0 spiro atoms. The maximum Gasteiger partial charge on any atom is 0.0139 e. The second kappa shape index (κ2) is 6.97. The molecule has 0 radical (unpaired) electrons. The molecule has 130 valence electrons. The molecule has 0 fully saturated rings. The normalized spacial score (nSPS) is 15.7. The van der Waals surface area contributed by atoms with Crippen LogP contribution in [-0.4, -0.2) is 0 Å². The van der Waals surface area contributed by atoms with Gasteiger partial charge in [0.1, 0.15) is 0 Å². The molecule has 1 atom stereocenters. The van der Waals surface area contributed by atoms with Gasteiger partial charge in [0, 0.05) is 9.49 Å². The Kier molecular flexibility index (Phi) is 4.33. The summed E-state index contributed by atoms with van der Waals surface area (Å²) in [5, 5.41) is 2.58. The fourth-order valence-electron chi connectivity index (χ4n) is 4.00. The molecule has 0 bridgehead atoms. The third-order valence-corrected chi connectivity index (χ3v) is 6.06. The number of hydrogen-bond donors (Lipinski definition) is 0. The molecule has 1 aliphatic carbocycles. The number of halogens is 1. The molecule has 0 N–H and O–H groups in total. The van der Waals surface area contributed by atoms with Gasteiger partial charge in [-0.25, -0.2) is 0 Å². The molecule has 0 heterocycles. The van der Waals surface area contributed by atoms with Crippen LogP contribution in [0.4, 0.5) is 0 Å². The highest BCUT2D eigenvalue weighted by molar-refractivity contribution is 14.1. The molecule has 27 heavy (non-hydrogen) atoms. The highest BCUT2D eigenvalue weighted by atomic mass is 127. The third-order valence-electron chi connectivity index (χ3n) is 5.43. The van der Waals surface area contributed by atoms with E-state index in [0.717, 1.165) is 6.42 Å². The average Bonchev–Trinajstić information content (AvgIpc) is 2.72. The lowest BCUT2D eigenvalue weighted by Gasteiger charge is -2.21. The molecule has 5 rings (SSSR count). The van der Waals surface area contributed by atoms with Crippen LogP contribution in [0.1, 0.15) is 22.6 Å². The van der Waals surface area contributed by atoms with Gasteiger partial charge in [0.25, 0.3) is 0 Å². The molecule has 0 saturated heterocycles. The predicted molar refractivity (Wildman–Crippen MR) is 124 cm³/mol. The summed E-state index contributed by atoms with van der Waals surface area (Å²) in [5.74, 6) is 0.439. The Hall–Kier alpha value is -2.39. The molecule has 0 amide bonds. The molecule has 1 heteroatoms. The molecule has 0 saturated carbocycles. The van der Waals surface area contributed by atoms with E-state index in [0.29, 0.717) is 5.92 Å². The largest absolute Gasteiger partial charge is 0.0761 e. The van der Waals surface area contributed by atoms with Crippen LogP contribution >= 0.6 is 22.6 Å². The van der Waals surface area contributed by atoms with Crippen molar-refractivity contribution in [1.82, 2.24) is 0 Å². The molecular weight excluding hydrogens is 439 g/mol. The van der Waals surface area contributed by atoms with Crippen LogP contribution in [0.2, 0.25) is 0 Å². The highest BCUT2D eigenvalue weighted by Gasteiger charge is 2.16. The van der Waals surface area contributed by atoms with Crippen LogP contribution in [0.3, 0.4) is 0 Å². The minimum Gasteiger partial charge on any atom is -0.0761 e. The molecule has 4 aromatic carbocycles. The lowest BCUT2D eigenvalue weighted by molar-refractivity contribution is 0.826. The van der Waals surface area contributed by atoms with Crippen molar-refractivity contribution in [2.75, 3.05) is 0 Å². The first-order chi connectivity index (χ1) is 13.3. The number of fused-ring (bicyclic) bond motifs is 2. The van der Waals surface area contributed by atoms with Gasteiger partial charge < -0.3 is 0 Å². The molecule has 0 unspecified atom stereocenters. The predicted octanol–water partition coefficient (Wildman–Crippen LogP) is 7.46. The van der Waals surface area contributed by atoms with E-state index in [2.05, 4.69) is 120 Å². The van der Waals surface area contributed by atoms with Gasteiger partial charge in [0.2, 0.25) is 0 Å². The summed E-state index contributed by atoms with van der Waals surface area (Å²) in [5.41, 5.74) is 6.78. The van der Waals surface area contributed by atoms with E-state index in [-0.39, 0.29) is 0 Å². The average molecular weight is 458 g/mol. The standard InChI is InChI=1S/C26H19I/c27-26-16-24(22-11-9-18-5-1-3-7-20(18)13-22)15-25(17-26)23-12-10-19-6-2-4-8-21(19)14-23/h1-13,15-17,23H,14H2/t23-/m0/s1. The van der Waals surface area contributed by atoms with Crippen molar-refractivity contribution in [2.45, 2.75) is 12.3 Å². The van der Waals surface area contributed by atoms with Crippen LogP contribution < -0.4 is 0 Å². The van der Waals surface area contributed by atoms with Gasteiger partial charge in [0.05, 0.1) is 0 Å². The maximum absolute atomic E-state index is 2.45. The van der Waals surface area contributed by atoms with Gasteiger partial charge in [-0.3, -0.25) is 0 Å². The monoisotopic (exact) mass is 458 g/mol. The first-order valence-corrected chi connectivity index (χ1v) is 10.4. The van der Waals surface area contributed by atoms with Crippen LogP contribution in [0.25, 0.3) is 28.0 Å². The summed E-state index contributed by atoms with van der Waals surface area (Å²) < 4.78 is 1.29. The molecule has 0 aliphatic heterocycles. The fourth-order valence-corrected chi connectivity index (χ4v) is 4.69. The summed E-state index contributed by atoms with van der Waals surface area (Å²) in [4.78, 5) is 0. The van der Waals surface area contributed by atoms with E-state index in [4.69, 9.17) is 0 Å². The number of allylic oxidation sites excluding steroid dienone is 1. The van der Waals surface area contributed by atoms with Gasteiger partial charge in [-0.1, -0.05) is 78.9 Å². The van der Waals surface area contributed by atoms with E-state index in [1.165, 1.54) is 42.2 Å². The maximum atomic E-state index is 2.45. The Bertz CT molecular complexity index is 1170. The highest BCUT2D eigenvalue weighted by Crippen LogP contribution is 2.34. The van der Waals surface area contributed by atoms with Gasteiger partial charge in [-0.05, 0) is 85.8 Å². The summed E-state index contributed by atoms with van der Waals surface area (Å²) >= 11 is 2.45. The molecule has 1 aliphatic rings. The second-order valence-electron chi connectivity index (χ2n) is 7.20. The van der Waals surface area contributed by atoms with Crippen LogP contribution in [0.5, 0.6) is 0 Å². The summed E-state index contributed by atoms with van der Waals surface area (Å²) in [6.45, 7) is 0. The van der Waals surface area contributed by atoms with E-state index in [1.807, 2.05) is 0 Å². The number of hydrogen-bond acceptors (Lipinski definition) is 0. The summed E-state index contributed by atoms with van der Waals surface area (Å²) in [6.07, 6.45) is 5.71. The first kappa shape index (κ1) is 16.8. The zero-order chi connectivity index (χ0) is 18.2. The lowest BCUT2D eigenvalue weighted by Crippen LogP contribution is -2.06. The Labute approximate surface area is 173 Å². The third kappa shape index (κ3) is 3.32. The van der Waals surface area contributed by atoms with E-state index in [1.54, 1.807) is 0 Å². The second-order valence-corrected chi connectivity index (χ2v) is 8.45. The number of rotatable bonds is 2. The van der Waals surface area contributed by atoms with Crippen molar-refractivity contribution in [2.24, 2.45) is 0 Å². The van der Waals surface area contributed by atoms with Gasteiger partial charge in [-0.2, -0.15) is 0 Å². The van der Waals surface area contributed by atoms with Crippen molar-refractivity contribution in [3.63, 3.8) is 0 Å². The number of benzene rings is 4. The zero-order valence-corrected chi connectivity index (χ0v) is 17.1. The van der Waals surface area contributed by atoms with Crippen molar-refractivity contribution < 1.29 is 0 Å². The van der Waals surface area contributed by atoms with Crippen LogP contribution in [0.15, 0.2) is 91.0 Å². The van der Waals surface area contributed by atoms with Crippen molar-refractivity contribution in [3.8, 4) is 11.1 Å². The zero-order valence-electron chi connectivity index (χ0n) is 14.9. The fraction of sp³-hybridized carbons (Fsp3) is 0.0769. The van der Waals surface area contributed by atoms with Gasteiger partial charge in [0.15, 0.2) is 0 Å². The minimum atomic E-state index is 0.439. The van der Waals surface area contributed by atoms with Crippen molar-refractivity contribution in [1.29, 1.82) is 0 Å². The van der Waals surface area contributed by atoms with E-state index >= 15 is 0 Å². The SMILES string of the molecule is Ic1cc(-c2ccc3ccccc3c2)cc([C@H]2C=Cc3ccccc3C2)c1. The molecule has 4 aromatic rings. The first-order valence-electron chi connectivity index (χ1n) is 9.32. The Morgan fingerprint density at radius 1 is 0.704 bits per heavy atom. The summed E-state index contributed by atoms with van der Waals surface area (Å²) in [6, 6.07) is 31.0. The quantitative estimate of drug-likeness (QED) is 0.274. The smallest absolute Gasteiger partial charge is 0.0139 e. The topological polar surface area (TPSA) is 0 Å². The molecule has 0 nitrogen and oxygen atoms in total. The van der Waals surface area contributed by atoms with Crippen LogP contribution in [-0.2, 0) is 6.42 Å². The Morgan fingerprint density at radius 2 is 1.52 bits per heavy atom. The lowest BCUT2D eigenvalue weighted by atomic mass is 9.84. The van der Waals surface area contributed by atoms with Crippen LogP contribution in [0, 0.1) is 3.57 Å². The van der Waals surface area contributed by atoms with Gasteiger partial charge >= 0.3 is 0 Å².